The SMILES string of the molecule is COc1nc(OC)nc(C2(C)CNCCO2)n1.Cl. The number of halogens is 1. The molecule has 1 aromatic heterocycles. The van der Waals surface area contributed by atoms with Crippen LogP contribution in [-0.4, -0.2) is 48.9 Å². The topological polar surface area (TPSA) is 78.4 Å². The zero-order chi connectivity index (χ0) is 12.3. The minimum atomic E-state index is -0.582. The molecule has 0 bridgehead atoms. The molecule has 7 nitrogen and oxygen atoms in total. The Kier molecular flexibility index (Phi) is 5.06. The van der Waals surface area contributed by atoms with Gasteiger partial charge in [0.05, 0.1) is 20.8 Å². The molecule has 1 unspecified atom stereocenters. The summed E-state index contributed by atoms with van der Waals surface area (Å²) in [5, 5.41) is 3.24. The largest absolute Gasteiger partial charge is 0.467 e. The summed E-state index contributed by atoms with van der Waals surface area (Å²) in [6.45, 7) is 4.01. The zero-order valence-electron chi connectivity index (χ0n) is 10.6. The predicted octanol–water partition coefficient (Wildman–Crippen LogP) is 0.146. The van der Waals surface area contributed by atoms with Gasteiger partial charge in [-0.25, -0.2) is 0 Å². The number of aromatic nitrogens is 3. The van der Waals surface area contributed by atoms with Crippen LogP contribution in [0.25, 0.3) is 0 Å². The Hall–Kier alpha value is -1.18. The van der Waals surface area contributed by atoms with Gasteiger partial charge in [0.2, 0.25) is 0 Å². The highest BCUT2D eigenvalue weighted by molar-refractivity contribution is 5.85. The van der Waals surface area contributed by atoms with Crippen molar-refractivity contribution in [3.05, 3.63) is 5.82 Å². The van der Waals surface area contributed by atoms with Gasteiger partial charge in [-0.3, -0.25) is 0 Å². The molecule has 0 aliphatic carbocycles. The molecule has 1 aromatic rings. The van der Waals surface area contributed by atoms with Crippen LogP contribution >= 0.6 is 12.4 Å². The third kappa shape index (κ3) is 2.98. The lowest BCUT2D eigenvalue weighted by molar-refractivity contribution is -0.0640. The van der Waals surface area contributed by atoms with Crippen molar-refractivity contribution in [1.29, 1.82) is 0 Å². The van der Waals surface area contributed by atoms with Crippen LogP contribution in [0.4, 0.5) is 0 Å². The maximum atomic E-state index is 5.72. The summed E-state index contributed by atoms with van der Waals surface area (Å²) < 4.78 is 15.8. The minimum absolute atomic E-state index is 0. The Bertz CT molecular complexity index is 376. The highest BCUT2D eigenvalue weighted by Crippen LogP contribution is 2.25. The molecule has 0 aromatic carbocycles. The Labute approximate surface area is 112 Å². The highest BCUT2D eigenvalue weighted by atomic mass is 35.5. The summed E-state index contributed by atoms with van der Waals surface area (Å²) in [5.74, 6) is 0.508. The molecular formula is C10H17ClN4O3. The van der Waals surface area contributed by atoms with Gasteiger partial charge in [0, 0.05) is 13.1 Å². The minimum Gasteiger partial charge on any atom is -0.467 e. The van der Waals surface area contributed by atoms with Gasteiger partial charge in [0.15, 0.2) is 5.82 Å². The van der Waals surface area contributed by atoms with Gasteiger partial charge in [0.1, 0.15) is 5.60 Å². The van der Waals surface area contributed by atoms with E-state index in [2.05, 4.69) is 20.3 Å². The van der Waals surface area contributed by atoms with Crippen molar-refractivity contribution >= 4 is 12.4 Å². The lowest BCUT2D eigenvalue weighted by atomic mass is 10.0. The van der Waals surface area contributed by atoms with Crippen LogP contribution in [0.15, 0.2) is 0 Å². The molecule has 102 valence electrons. The first-order valence-corrected chi connectivity index (χ1v) is 5.37. The second-order valence-electron chi connectivity index (χ2n) is 3.89. The van der Waals surface area contributed by atoms with E-state index in [9.17, 15) is 0 Å². The normalized spacial score (nSPS) is 23.1. The first-order chi connectivity index (χ1) is 8.18. The lowest BCUT2D eigenvalue weighted by Gasteiger charge is -2.32. The maximum absolute atomic E-state index is 5.72. The third-order valence-electron chi connectivity index (χ3n) is 2.59. The summed E-state index contributed by atoms with van der Waals surface area (Å²) in [4.78, 5) is 12.4. The summed E-state index contributed by atoms with van der Waals surface area (Å²) >= 11 is 0. The lowest BCUT2D eigenvalue weighted by Crippen LogP contribution is -2.46. The van der Waals surface area contributed by atoms with E-state index in [1.807, 2.05) is 6.92 Å². The third-order valence-corrected chi connectivity index (χ3v) is 2.59. The van der Waals surface area contributed by atoms with E-state index in [1.165, 1.54) is 14.2 Å². The second kappa shape index (κ2) is 6.12. The van der Waals surface area contributed by atoms with Crippen LogP contribution in [0, 0.1) is 0 Å². The number of ether oxygens (including phenoxy) is 3. The van der Waals surface area contributed by atoms with E-state index in [1.54, 1.807) is 0 Å². The van der Waals surface area contributed by atoms with Gasteiger partial charge in [0.25, 0.3) is 0 Å². The van der Waals surface area contributed by atoms with Crippen molar-refractivity contribution in [3.8, 4) is 12.0 Å². The Balaban J connectivity index is 0.00000162. The fourth-order valence-electron chi connectivity index (χ4n) is 1.63. The molecule has 0 saturated carbocycles. The van der Waals surface area contributed by atoms with Crippen molar-refractivity contribution < 1.29 is 14.2 Å². The fourth-order valence-corrected chi connectivity index (χ4v) is 1.63. The van der Waals surface area contributed by atoms with Gasteiger partial charge in [-0.1, -0.05) is 0 Å². The number of morpholine rings is 1. The summed E-state index contributed by atoms with van der Waals surface area (Å²) in [6.07, 6.45) is 0. The van der Waals surface area contributed by atoms with Crippen molar-refractivity contribution in [2.45, 2.75) is 12.5 Å². The summed E-state index contributed by atoms with van der Waals surface area (Å²) in [6, 6.07) is 0.449. The Morgan fingerprint density at radius 3 is 2.22 bits per heavy atom. The number of nitrogens with one attached hydrogen (secondary N) is 1. The number of methoxy groups -OCH3 is 2. The average Bonchev–Trinajstić information content (AvgIpc) is 2.39. The van der Waals surface area contributed by atoms with Gasteiger partial charge in [-0.2, -0.15) is 9.97 Å². The van der Waals surface area contributed by atoms with Gasteiger partial charge < -0.3 is 19.5 Å². The molecule has 0 spiro atoms. The van der Waals surface area contributed by atoms with Crippen LogP contribution in [0.5, 0.6) is 12.0 Å². The van der Waals surface area contributed by atoms with Crippen LogP contribution in [0.1, 0.15) is 12.7 Å². The van der Waals surface area contributed by atoms with Crippen LogP contribution in [0.2, 0.25) is 0 Å². The molecule has 8 heteroatoms. The average molecular weight is 277 g/mol. The van der Waals surface area contributed by atoms with Gasteiger partial charge >= 0.3 is 12.0 Å². The van der Waals surface area contributed by atoms with Crippen molar-refractivity contribution in [2.75, 3.05) is 33.9 Å². The zero-order valence-corrected chi connectivity index (χ0v) is 11.4. The Morgan fingerprint density at radius 2 is 1.78 bits per heavy atom. The molecule has 0 radical (unpaired) electrons. The molecule has 18 heavy (non-hydrogen) atoms. The summed E-state index contributed by atoms with van der Waals surface area (Å²) in [7, 11) is 3.00. The first-order valence-electron chi connectivity index (χ1n) is 5.37. The quantitative estimate of drug-likeness (QED) is 0.842. The molecule has 2 heterocycles. The smallest absolute Gasteiger partial charge is 0.322 e. The molecule has 1 aliphatic heterocycles. The number of nitrogens with zero attached hydrogens (tertiary/aromatic N) is 3. The van der Waals surface area contributed by atoms with E-state index in [4.69, 9.17) is 14.2 Å². The van der Waals surface area contributed by atoms with Crippen LogP contribution < -0.4 is 14.8 Å². The molecule has 1 N–H and O–H groups in total. The molecule has 1 fully saturated rings. The van der Waals surface area contributed by atoms with Crippen molar-refractivity contribution in [3.63, 3.8) is 0 Å². The highest BCUT2D eigenvalue weighted by Gasteiger charge is 2.34. The first kappa shape index (κ1) is 14.9. The van der Waals surface area contributed by atoms with Gasteiger partial charge in [-0.05, 0) is 6.92 Å². The van der Waals surface area contributed by atoms with E-state index in [0.29, 0.717) is 19.0 Å². The van der Waals surface area contributed by atoms with E-state index in [-0.39, 0.29) is 24.4 Å². The fraction of sp³-hybridized carbons (Fsp3) is 0.700. The van der Waals surface area contributed by atoms with Crippen molar-refractivity contribution in [2.24, 2.45) is 0 Å². The van der Waals surface area contributed by atoms with E-state index < -0.39 is 5.60 Å². The van der Waals surface area contributed by atoms with E-state index >= 15 is 0 Å². The maximum Gasteiger partial charge on any atom is 0.322 e. The monoisotopic (exact) mass is 276 g/mol. The standard InChI is InChI=1S/C10H16N4O3.ClH/c1-10(6-11-4-5-17-10)7-12-8(15-2)14-9(13-7)16-3;/h11H,4-6H2,1-3H3;1H. The molecule has 1 saturated heterocycles. The number of hydrogen-bond acceptors (Lipinski definition) is 7. The predicted molar refractivity (Wildman–Crippen MR) is 66.4 cm³/mol. The van der Waals surface area contributed by atoms with Gasteiger partial charge in [-0.15, -0.1) is 17.4 Å². The molecular weight excluding hydrogens is 260 g/mol. The summed E-state index contributed by atoms with van der Waals surface area (Å²) in [5.41, 5.74) is -0.582. The Morgan fingerprint density at radius 1 is 1.17 bits per heavy atom. The number of rotatable bonds is 3. The molecule has 1 aliphatic rings. The van der Waals surface area contributed by atoms with E-state index in [0.717, 1.165) is 6.54 Å². The molecule has 0 amide bonds. The number of hydrogen-bond donors (Lipinski definition) is 1. The van der Waals surface area contributed by atoms with Crippen LogP contribution in [0.3, 0.4) is 0 Å². The second-order valence-corrected chi connectivity index (χ2v) is 3.89. The molecule has 2 rings (SSSR count). The van der Waals surface area contributed by atoms with Crippen LogP contribution in [-0.2, 0) is 10.3 Å². The van der Waals surface area contributed by atoms with Crippen molar-refractivity contribution in [1.82, 2.24) is 20.3 Å². The molecule has 1 atom stereocenters.